The number of amides is 1. The number of hydroxylamine groups is 2. The quantitative estimate of drug-likeness (QED) is 0.554. The lowest BCUT2D eigenvalue weighted by Crippen LogP contribution is -2.22. The van der Waals surface area contributed by atoms with Crippen LogP contribution in [0.1, 0.15) is 26.7 Å². The first kappa shape index (κ1) is 9.43. The minimum absolute atomic E-state index is 0.104. The lowest BCUT2D eigenvalue weighted by Gasteiger charge is -2.09. The number of hydrogen-bond donors (Lipinski definition) is 0. The first-order chi connectivity index (χ1) is 4.84. The van der Waals surface area contributed by atoms with E-state index in [1.165, 1.54) is 12.2 Å². The molecule has 0 aliphatic carbocycles. The molecular weight excluding hydrogens is 130 g/mol. The number of carbonyl (C=O) groups is 1. The lowest BCUT2D eigenvalue weighted by molar-refractivity contribution is -0.167. The Bertz CT molecular complexity index is 104. The van der Waals surface area contributed by atoms with Gasteiger partial charge >= 0.3 is 0 Å². The van der Waals surface area contributed by atoms with Gasteiger partial charge in [0.05, 0.1) is 7.11 Å². The molecule has 1 saturated heterocycles. The van der Waals surface area contributed by atoms with Gasteiger partial charge in [-0.1, -0.05) is 13.8 Å². The number of nitrogens with zero attached hydrogens (tertiary/aromatic N) is 1. The summed E-state index contributed by atoms with van der Waals surface area (Å²) in [7, 11) is 1.52. The molecule has 1 aliphatic rings. The second-order valence-electron chi connectivity index (χ2n) is 1.78. The van der Waals surface area contributed by atoms with Crippen molar-refractivity contribution in [2.45, 2.75) is 26.7 Å². The van der Waals surface area contributed by atoms with Gasteiger partial charge < -0.3 is 0 Å². The van der Waals surface area contributed by atoms with Crippen molar-refractivity contribution in [3.63, 3.8) is 0 Å². The van der Waals surface area contributed by atoms with Gasteiger partial charge in [0.15, 0.2) is 0 Å². The highest BCUT2D eigenvalue weighted by molar-refractivity contribution is 5.76. The molecule has 0 bridgehead atoms. The van der Waals surface area contributed by atoms with Crippen LogP contribution in [0.5, 0.6) is 0 Å². The van der Waals surface area contributed by atoms with Crippen molar-refractivity contribution in [1.82, 2.24) is 5.06 Å². The van der Waals surface area contributed by atoms with Gasteiger partial charge in [-0.05, 0) is 6.42 Å². The van der Waals surface area contributed by atoms with Crippen LogP contribution < -0.4 is 0 Å². The summed E-state index contributed by atoms with van der Waals surface area (Å²) in [5.41, 5.74) is 0. The van der Waals surface area contributed by atoms with E-state index in [0.29, 0.717) is 6.42 Å². The van der Waals surface area contributed by atoms with Crippen LogP contribution in [-0.2, 0) is 9.63 Å². The normalized spacial score (nSPS) is 16.7. The van der Waals surface area contributed by atoms with Gasteiger partial charge in [-0.3, -0.25) is 9.63 Å². The molecule has 60 valence electrons. The first-order valence-electron chi connectivity index (χ1n) is 3.69. The minimum atomic E-state index is 0.104. The molecule has 1 aliphatic heterocycles. The van der Waals surface area contributed by atoms with Crippen molar-refractivity contribution in [2.24, 2.45) is 0 Å². The molecule has 3 heteroatoms. The van der Waals surface area contributed by atoms with Crippen molar-refractivity contribution in [3.8, 4) is 0 Å². The molecule has 0 saturated carbocycles. The van der Waals surface area contributed by atoms with Crippen molar-refractivity contribution in [1.29, 1.82) is 0 Å². The highest BCUT2D eigenvalue weighted by Gasteiger charge is 2.18. The highest BCUT2D eigenvalue weighted by Crippen LogP contribution is 2.07. The van der Waals surface area contributed by atoms with Gasteiger partial charge in [0, 0.05) is 13.0 Å². The Kier molecular flexibility index (Phi) is 4.94. The Labute approximate surface area is 61.9 Å². The van der Waals surface area contributed by atoms with E-state index in [9.17, 15) is 4.79 Å². The van der Waals surface area contributed by atoms with E-state index in [1.807, 2.05) is 13.8 Å². The van der Waals surface area contributed by atoms with E-state index in [1.54, 1.807) is 0 Å². The molecule has 1 rings (SSSR count). The van der Waals surface area contributed by atoms with E-state index >= 15 is 0 Å². The molecule has 0 unspecified atom stereocenters. The van der Waals surface area contributed by atoms with Crippen molar-refractivity contribution in [3.05, 3.63) is 0 Å². The highest BCUT2D eigenvalue weighted by atomic mass is 16.7. The molecular formula is C7H15NO2. The summed E-state index contributed by atoms with van der Waals surface area (Å²) in [6.07, 6.45) is 1.58. The largest absolute Gasteiger partial charge is 0.274 e. The van der Waals surface area contributed by atoms with Crippen LogP contribution in [-0.4, -0.2) is 24.6 Å². The van der Waals surface area contributed by atoms with E-state index in [4.69, 9.17) is 4.84 Å². The van der Waals surface area contributed by atoms with Crippen LogP contribution in [0, 0.1) is 0 Å². The van der Waals surface area contributed by atoms with Gasteiger partial charge in [0.1, 0.15) is 0 Å². The average Bonchev–Trinajstić information content (AvgIpc) is 2.39. The predicted octanol–water partition coefficient (Wildman–Crippen LogP) is 1.20. The fourth-order valence-corrected chi connectivity index (χ4v) is 0.816. The topological polar surface area (TPSA) is 29.5 Å². The van der Waals surface area contributed by atoms with Gasteiger partial charge in [0.2, 0.25) is 5.91 Å². The van der Waals surface area contributed by atoms with Crippen molar-refractivity contribution >= 4 is 5.91 Å². The molecule has 0 aromatic carbocycles. The second kappa shape index (κ2) is 5.23. The zero-order chi connectivity index (χ0) is 7.98. The SMILES string of the molecule is CC.CON1CCCC1=O. The van der Waals surface area contributed by atoms with E-state index in [-0.39, 0.29) is 5.91 Å². The number of hydrogen-bond acceptors (Lipinski definition) is 2. The van der Waals surface area contributed by atoms with Gasteiger partial charge in [-0.2, -0.15) is 0 Å². The molecule has 10 heavy (non-hydrogen) atoms. The van der Waals surface area contributed by atoms with E-state index in [0.717, 1.165) is 13.0 Å². The third-order valence-corrected chi connectivity index (χ3v) is 1.25. The standard InChI is InChI=1S/C5H9NO2.C2H6/c1-8-6-4-2-3-5(6)7;1-2/h2-4H2,1H3;1-2H3. The molecule has 0 aromatic rings. The molecule has 0 aromatic heterocycles. The van der Waals surface area contributed by atoms with E-state index < -0.39 is 0 Å². The van der Waals surface area contributed by atoms with Crippen LogP contribution in [0.25, 0.3) is 0 Å². The van der Waals surface area contributed by atoms with Crippen molar-refractivity contribution < 1.29 is 9.63 Å². The summed E-state index contributed by atoms with van der Waals surface area (Å²) in [6.45, 7) is 4.76. The van der Waals surface area contributed by atoms with Crippen LogP contribution in [0.2, 0.25) is 0 Å². The van der Waals surface area contributed by atoms with Gasteiger partial charge in [0.25, 0.3) is 0 Å². The maximum absolute atomic E-state index is 10.6. The second-order valence-corrected chi connectivity index (χ2v) is 1.78. The fraction of sp³-hybridized carbons (Fsp3) is 0.857. The minimum Gasteiger partial charge on any atom is -0.274 e. The molecule has 0 N–H and O–H groups in total. The molecule has 1 fully saturated rings. The Morgan fingerprint density at radius 3 is 2.30 bits per heavy atom. The molecule has 1 heterocycles. The summed E-state index contributed by atoms with van der Waals surface area (Å²) in [5.74, 6) is 0.104. The van der Waals surface area contributed by atoms with Gasteiger partial charge in [-0.25, -0.2) is 5.06 Å². The number of rotatable bonds is 1. The average molecular weight is 145 g/mol. The molecule has 3 nitrogen and oxygen atoms in total. The van der Waals surface area contributed by atoms with Crippen LogP contribution >= 0.6 is 0 Å². The summed E-state index contributed by atoms with van der Waals surface area (Å²) in [5, 5.41) is 1.39. The van der Waals surface area contributed by atoms with Crippen molar-refractivity contribution in [2.75, 3.05) is 13.7 Å². The monoisotopic (exact) mass is 145 g/mol. The third kappa shape index (κ3) is 2.35. The molecule has 1 amide bonds. The maximum atomic E-state index is 10.6. The summed E-state index contributed by atoms with van der Waals surface area (Å²) in [4.78, 5) is 15.3. The van der Waals surface area contributed by atoms with Crippen LogP contribution in [0.4, 0.5) is 0 Å². The smallest absolute Gasteiger partial charge is 0.246 e. The molecule has 0 spiro atoms. The molecule has 0 atom stereocenters. The Morgan fingerprint density at radius 2 is 2.10 bits per heavy atom. The molecule has 0 radical (unpaired) electrons. The summed E-state index contributed by atoms with van der Waals surface area (Å²) in [6, 6.07) is 0. The number of carbonyl (C=O) groups excluding carboxylic acids is 1. The third-order valence-electron chi connectivity index (χ3n) is 1.25. The summed E-state index contributed by atoms with van der Waals surface area (Å²) < 4.78 is 0. The van der Waals surface area contributed by atoms with Crippen LogP contribution in [0.15, 0.2) is 0 Å². The Balaban J connectivity index is 0.000000371. The lowest BCUT2D eigenvalue weighted by atomic mass is 10.4. The zero-order valence-electron chi connectivity index (χ0n) is 6.89. The van der Waals surface area contributed by atoms with E-state index in [2.05, 4.69) is 0 Å². The Morgan fingerprint density at radius 1 is 1.50 bits per heavy atom. The van der Waals surface area contributed by atoms with Gasteiger partial charge in [-0.15, -0.1) is 0 Å². The first-order valence-corrected chi connectivity index (χ1v) is 3.69. The maximum Gasteiger partial charge on any atom is 0.246 e. The summed E-state index contributed by atoms with van der Waals surface area (Å²) >= 11 is 0. The van der Waals surface area contributed by atoms with Crippen LogP contribution in [0.3, 0.4) is 0 Å². The zero-order valence-corrected chi connectivity index (χ0v) is 6.89. The Hall–Kier alpha value is -0.570. The predicted molar refractivity (Wildman–Crippen MR) is 39.3 cm³/mol. The fourth-order valence-electron chi connectivity index (χ4n) is 0.816.